The molecule has 9 heteroatoms. The number of hydrogen-bond donors (Lipinski definition) is 2. The van der Waals surface area contributed by atoms with Crippen LogP contribution in [0.4, 0.5) is 5.69 Å². The number of nitrogens with one attached hydrogen (secondary N) is 2. The molecule has 0 aromatic heterocycles. The number of benzene rings is 2. The van der Waals surface area contributed by atoms with Crippen molar-refractivity contribution in [2.75, 3.05) is 18.5 Å². The van der Waals surface area contributed by atoms with Gasteiger partial charge >= 0.3 is 5.97 Å². The van der Waals surface area contributed by atoms with Crippen molar-refractivity contribution in [3.63, 3.8) is 0 Å². The summed E-state index contributed by atoms with van der Waals surface area (Å²) in [7, 11) is -3.74. The third kappa shape index (κ3) is 6.63. The monoisotopic (exact) mass is 424 g/mol. The number of hydrogen-bond acceptors (Lipinski definition) is 5. The molecule has 0 radical (unpaired) electrons. The first kappa shape index (κ1) is 21.9. The van der Waals surface area contributed by atoms with Crippen LogP contribution in [-0.2, 0) is 19.6 Å². The number of rotatable bonds is 9. The molecule has 0 atom stereocenters. The van der Waals surface area contributed by atoms with Gasteiger partial charge in [0.1, 0.15) is 0 Å². The lowest BCUT2D eigenvalue weighted by Crippen LogP contribution is -2.27. The second-order valence-corrected chi connectivity index (χ2v) is 8.07. The molecule has 2 rings (SSSR count). The van der Waals surface area contributed by atoms with Gasteiger partial charge in [-0.2, -0.15) is 0 Å². The van der Waals surface area contributed by atoms with E-state index in [1.54, 1.807) is 30.3 Å². The molecule has 150 valence electrons. The first-order chi connectivity index (χ1) is 13.3. The number of anilines is 1. The third-order valence-electron chi connectivity index (χ3n) is 3.59. The van der Waals surface area contributed by atoms with Crippen molar-refractivity contribution in [2.45, 2.75) is 24.7 Å². The summed E-state index contributed by atoms with van der Waals surface area (Å²) in [6.07, 6.45) is 0.682. The zero-order valence-electron chi connectivity index (χ0n) is 15.3. The molecule has 2 aromatic rings. The van der Waals surface area contributed by atoms with Gasteiger partial charge in [-0.15, -0.1) is 0 Å². The fourth-order valence-corrected chi connectivity index (χ4v) is 3.54. The molecule has 0 saturated heterocycles. The normalized spacial score (nSPS) is 11.1. The predicted octanol–water partition coefficient (Wildman–Crippen LogP) is 3.21. The Kier molecular flexibility index (Phi) is 7.98. The van der Waals surface area contributed by atoms with Gasteiger partial charge in [0, 0.05) is 23.7 Å². The minimum Gasteiger partial charge on any atom is -0.462 e. The van der Waals surface area contributed by atoms with Crippen molar-refractivity contribution in [1.82, 2.24) is 4.72 Å². The van der Waals surface area contributed by atoms with E-state index in [0.717, 1.165) is 6.42 Å². The molecule has 28 heavy (non-hydrogen) atoms. The number of ether oxygens (including phenoxy) is 1. The summed E-state index contributed by atoms with van der Waals surface area (Å²) < 4.78 is 31.7. The maximum atomic E-state index is 12.2. The van der Waals surface area contributed by atoms with Crippen molar-refractivity contribution >= 4 is 39.2 Å². The highest BCUT2D eigenvalue weighted by Gasteiger charge is 2.14. The number of amides is 1. The van der Waals surface area contributed by atoms with Crippen LogP contribution >= 0.6 is 11.6 Å². The summed E-state index contributed by atoms with van der Waals surface area (Å²) in [6.45, 7) is 2.19. The molecule has 1 amide bonds. The lowest BCUT2D eigenvalue weighted by atomic mass is 10.2. The van der Waals surface area contributed by atoms with Gasteiger partial charge in [0.2, 0.25) is 15.9 Å². The molecule has 7 nitrogen and oxygen atoms in total. The quantitative estimate of drug-likeness (QED) is 0.602. The van der Waals surface area contributed by atoms with Crippen LogP contribution in [0.3, 0.4) is 0 Å². The van der Waals surface area contributed by atoms with Crippen LogP contribution in [-0.4, -0.2) is 33.4 Å². The second kappa shape index (κ2) is 10.2. The van der Waals surface area contributed by atoms with E-state index in [1.807, 2.05) is 6.92 Å². The van der Waals surface area contributed by atoms with E-state index in [9.17, 15) is 18.0 Å². The Morgan fingerprint density at radius 1 is 1.11 bits per heavy atom. The first-order valence-electron chi connectivity index (χ1n) is 8.64. The molecule has 0 heterocycles. The number of carbonyl (C=O) groups excluding carboxylic acids is 2. The van der Waals surface area contributed by atoms with Crippen LogP contribution in [0.25, 0.3) is 0 Å². The van der Waals surface area contributed by atoms with Gasteiger partial charge in [-0.05, 0) is 48.9 Å². The van der Waals surface area contributed by atoms with Gasteiger partial charge in [-0.3, -0.25) is 4.79 Å². The molecule has 0 bridgehead atoms. The van der Waals surface area contributed by atoms with E-state index in [4.69, 9.17) is 16.3 Å². The fraction of sp³-hybridized carbons (Fsp3) is 0.263. The van der Waals surface area contributed by atoms with Gasteiger partial charge in [0.15, 0.2) is 0 Å². The topological polar surface area (TPSA) is 102 Å². The van der Waals surface area contributed by atoms with E-state index in [1.165, 1.54) is 18.2 Å². The highest BCUT2D eigenvalue weighted by atomic mass is 35.5. The van der Waals surface area contributed by atoms with Crippen LogP contribution in [0.2, 0.25) is 5.02 Å². The van der Waals surface area contributed by atoms with Crippen LogP contribution in [0, 0.1) is 0 Å². The van der Waals surface area contributed by atoms with Gasteiger partial charge in [0.25, 0.3) is 0 Å². The van der Waals surface area contributed by atoms with Crippen molar-refractivity contribution in [2.24, 2.45) is 0 Å². The number of sulfonamides is 1. The Morgan fingerprint density at radius 3 is 2.46 bits per heavy atom. The molecule has 0 spiro atoms. The van der Waals surface area contributed by atoms with Crippen molar-refractivity contribution < 1.29 is 22.7 Å². The minimum absolute atomic E-state index is 0.0333. The van der Waals surface area contributed by atoms with E-state index in [-0.39, 0.29) is 23.8 Å². The highest BCUT2D eigenvalue weighted by molar-refractivity contribution is 7.89. The number of halogens is 1. The van der Waals surface area contributed by atoms with Gasteiger partial charge < -0.3 is 10.1 Å². The SMILES string of the molecule is CCCOC(=O)c1ccc(NC(=O)CCNS(=O)(=O)c2cccc(Cl)c2)cc1. The van der Waals surface area contributed by atoms with E-state index >= 15 is 0 Å². The average molecular weight is 425 g/mol. The Balaban J connectivity index is 1.83. The standard InChI is InChI=1S/C19H21ClN2O5S/c1-2-12-27-19(24)14-6-8-16(9-7-14)22-18(23)10-11-21-28(25,26)17-5-3-4-15(20)13-17/h3-9,13,21H,2,10-12H2,1H3,(H,22,23). The van der Waals surface area contributed by atoms with Gasteiger partial charge in [0.05, 0.1) is 17.1 Å². The molecule has 0 unspecified atom stereocenters. The van der Waals surface area contributed by atoms with Crippen LogP contribution in [0.5, 0.6) is 0 Å². The van der Waals surface area contributed by atoms with E-state index in [0.29, 0.717) is 22.9 Å². The second-order valence-electron chi connectivity index (χ2n) is 5.87. The molecular weight excluding hydrogens is 404 g/mol. The van der Waals surface area contributed by atoms with Gasteiger partial charge in [-0.25, -0.2) is 17.9 Å². The Labute approximate surface area is 169 Å². The molecule has 0 saturated carbocycles. The minimum atomic E-state index is -3.74. The van der Waals surface area contributed by atoms with Crippen molar-refractivity contribution in [3.05, 3.63) is 59.1 Å². The predicted molar refractivity (Wildman–Crippen MR) is 107 cm³/mol. The van der Waals surface area contributed by atoms with E-state index in [2.05, 4.69) is 10.0 Å². The van der Waals surface area contributed by atoms with Crippen LogP contribution < -0.4 is 10.0 Å². The molecule has 0 aliphatic rings. The summed E-state index contributed by atoms with van der Waals surface area (Å²) >= 11 is 5.80. The van der Waals surface area contributed by atoms with Crippen LogP contribution in [0.1, 0.15) is 30.1 Å². The molecule has 0 aliphatic heterocycles. The zero-order valence-corrected chi connectivity index (χ0v) is 16.8. The smallest absolute Gasteiger partial charge is 0.338 e. The number of esters is 1. The van der Waals surface area contributed by atoms with Crippen molar-refractivity contribution in [1.29, 1.82) is 0 Å². The highest BCUT2D eigenvalue weighted by Crippen LogP contribution is 2.15. The summed E-state index contributed by atoms with van der Waals surface area (Å²) in [4.78, 5) is 23.8. The lowest BCUT2D eigenvalue weighted by molar-refractivity contribution is -0.116. The van der Waals surface area contributed by atoms with Crippen molar-refractivity contribution in [3.8, 4) is 0 Å². The third-order valence-corrected chi connectivity index (χ3v) is 5.29. The maximum Gasteiger partial charge on any atom is 0.338 e. The Bertz CT molecular complexity index is 930. The van der Waals surface area contributed by atoms with Crippen LogP contribution in [0.15, 0.2) is 53.4 Å². The molecular formula is C19H21ClN2O5S. The maximum absolute atomic E-state index is 12.2. The summed E-state index contributed by atoms with van der Waals surface area (Å²) in [6, 6.07) is 12.1. The first-order valence-corrected chi connectivity index (χ1v) is 10.5. The molecule has 2 aromatic carbocycles. The summed E-state index contributed by atoms with van der Waals surface area (Å²) in [5.74, 6) is -0.787. The molecule has 2 N–H and O–H groups in total. The van der Waals surface area contributed by atoms with Gasteiger partial charge in [-0.1, -0.05) is 24.6 Å². The molecule has 0 aliphatic carbocycles. The summed E-state index contributed by atoms with van der Waals surface area (Å²) in [5.41, 5.74) is 0.885. The average Bonchev–Trinajstić information content (AvgIpc) is 2.66. The fourth-order valence-electron chi connectivity index (χ4n) is 2.21. The number of carbonyl (C=O) groups is 2. The molecule has 0 fully saturated rings. The van der Waals surface area contributed by atoms with E-state index < -0.39 is 16.0 Å². The zero-order chi connectivity index (χ0) is 20.6. The Morgan fingerprint density at radius 2 is 1.82 bits per heavy atom. The summed E-state index contributed by atoms with van der Waals surface area (Å²) in [5, 5.41) is 2.95. The lowest BCUT2D eigenvalue weighted by Gasteiger charge is -2.08. The Hall–Kier alpha value is -2.42. The largest absolute Gasteiger partial charge is 0.462 e.